The van der Waals surface area contributed by atoms with E-state index in [0.29, 0.717) is 0 Å². The summed E-state index contributed by atoms with van der Waals surface area (Å²) in [4.78, 5) is 14.9. The summed E-state index contributed by atoms with van der Waals surface area (Å²) < 4.78 is 48.8. The first kappa shape index (κ1) is 15.0. The maximum atomic E-state index is 12.6. The van der Waals surface area contributed by atoms with Crippen LogP contribution in [0.5, 0.6) is 0 Å². The lowest BCUT2D eigenvalue weighted by atomic mass is 10.2. The van der Waals surface area contributed by atoms with E-state index < -0.39 is 24.8 Å². The molecular formula is C9H6Cl2F4N2O. The van der Waals surface area contributed by atoms with Crippen molar-refractivity contribution in [1.29, 1.82) is 0 Å². The Labute approximate surface area is 109 Å². The third-order valence-corrected chi connectivity index (χ3v) is 2.22. The van der Waals surface area contributed by atoms with Gasteiger partial charge in [0, 0.05) is 5.56 Å². The Morgan fingerprint density at radius 2 is 1.83 bits per heavy atom. The van der Waals surface area contributed by atoms with Crippen LogP contribution < -0.4 is 5.32 Å². The number of rotatable bonds is 4. The molecule has 0 unspecified atom stereocenters. The summed E-state index contributed by atoms with van der Waals surface area (Å²) >= 11 is 11.0. The van der Waals surface area contributed by atoms with E-state index in [1.807, 2.05) is 0 Å². The Hall–Kier alpha value is -1.08. The van der Waals surface area contributed by atoms with Crippen LogP contribution in [0.4, 0.5) is 17.6 Å². The van der Waals surface area contributed by atoms with E-state index in [-0.39, 0.29) is 15.9 Å². The van der Waals surface area contributed by atoms with E-state index >= 15 is 0 Å². The van der Waals surface area contributed by atoms with Crippen molar-refractivity contribution in [2.24, 2.45) is 0 Å². The highest BCUT2D eigenvalue weighted by molar-refractivity contribution is 6.33. The summed E-state index contributed by atoms with van der Waals surface area (Å²) in [5.41, 5.74) is -0.148. The fourth-order valence-electron chi connectivity index (χ4n) is 0.973. The average molecular weight is 305 g/mol. The Bertz CT molecular complexity index is 436. The summed E-state index contributed by atoms with van der Waals surface area (Å²) in [6.45, 7) is -1.49. The van der Waals surface area contributed by atoms with E-state index in [0.717, 1.165) is 12.1 Å². The number of nitrogens with zero attached hydrogens (tertiary/aromatic N) is 1. The van der Waals surface area contributed by atoms with Crippen LogP contribution >= 0.6 is 23.2 Å². The molecule has 3 nitrogen and oxygen atoms in total. The van der Waals surface area contributed by atoms with E-state index in [9.17, 15) is 22.4 Å². The van der Waals surface area contributed by atoms with Gasteiger partial charge >= 0.3 is 12.3 Å². The van der Waals surface area contributed by atoms with Gasteiger partial charge in [0.25, 0.3) is 5.91 Å². The van der Waals surface area contributed by atoms with Crippen molar-refractivity contribution in [3.8, 4) is 0 Å². The lowest BCUT2D eigenvalue weighted by Crippen LogP contribution is -2.41. The minimum atomic E-state index is -4.30. The lowest BCUT2D eigenvalue weighted by molar-refractivity contribution is -0.123. The molecule has 1 amide bonds. The second kappa shape index (κ2) is 5.71. The minimum absolute atomic E-state index is 0.117. The van der Waals surface area contributed by atoms with Gasteiger partial charge in [-0.3, -0.25) is 4.79 Å². The lowest BCUT2D eigenvalue weighted by Gasteiger charge is -2.15. The van der Waals surface area contributed by atoms with Gasteiger partial charge in [-0.15, -0.1) is 0 Å². The Morgan fingerprint density at radius 3 is 2.28 bits per heavy atom. The van der Waals surface area contributed by atoms with E-state index in [1.165, 1.54) is 0 Å². The van der Waals surface area contributed by atoms with Gasteiger partial charge in [-0.1, -0.05) is 23.2 Å². The second-order valence-electron chi connectivity index (χ2n) is 3.25. The molecule has 0 aliphatic heterocycles. The number of halogens is 6. The van der Waals surface area contributed by atoms with Crippen molar-refractivity contribution in [2.45, 2.75) is 12.3 Å². The van der Waals surface area contributed by atoms with Gasteiger partial charge in [-0.05, 0) is 12.1 Å². The molecule has 18 heavy (non-hydrogen) atoms. The first-order chi connectivity index (χ1) is 8.22. The molecule has 0 aliphatic carbocycles. The third kappa shape index (κ3) is 3.99. The highest BCUT2D eigenvalue weighted by Gasteiger charge is 2.40. The van der Waals surface area contributed by atoms with Crippen LogP contribution in [0.1, 0.15) is 10.4 Å². The molecule has 1 N–H and O–H groups in total. The minimum Gasteiger partial charge on any atom is -0.346 e. The van der Waals surface area contributed by atoms with Crippen molar-refractivity contribution < 1.29 is 22.4 Å². The third-order valence-electron chi connectivity index (χ3n) is 1.83. The fourth-order valence-corrected chi connectivity index (χ4v) is 1.43. The zero-order valence-corrected chi connectivity index (χ0v) is 10.1. The van der Waals surface area contributed by atoms with Gasteiger partial charge in [0.15, 0.2) is 0 Å². The van der Waals surface area contributed by atoms with Crippen LogP contribution in [0.2, 0.25) is 10.3 Å². The van der Waals surface area contributed by atoms with Crippen molar-refractivity contribution in [1.82, 2.24) is 10.3 Å². The fraction of sp³-hybridized carbons (Fsp3) is 0.333. The summed E-state index contributed by atoms with van der Waals surface area (Å²) in [6, 6.07) is 2.15. The molecule has 0 bridgehead atoms. The number of carbonyl (C=O) groups excluding carboxylic acids is 1. The van der Waals surface area contributed by atoms with Crippen molar-refractivity contribution in [3.63, 3.8) is 0 Å². The van der Waals surface area contributed by atoms with E-state index in [4.69, 9.17) is 23.2 Å². The summed E-state index contributed by atoms with van der Waals surface area (Å²) in [5, 5.41) is 1.43. The molecule has 1 heterocycles. The van der Waals surface area contributed by atoms with Crippen LogP contribution in [-0.4, -0.2) is 29.8 Å². The highest BCUT2D eigenvalue weighted by Crippen LogP contribution is 2.22. The first-order valence-corrected chi connectivity index (χ1v) is 5.25. The van der Waals surface area contributed by atoms with E-state index in [1.54, 1.807) is 5.32 Å². The number of pyridine rings is 1. The maximum absolute atomic E-state index is 12.6. The quantitative estimate of drug-likeness (QED) is 0.686. The van der Waals surface area contributed by atoms with Crippen LogP contribution in [0.15, 0.2) is 12.1 Å². The number of alkyl halides is 4. The monoisotopic (exact) mass is 304 g/mol. The molecule has 9 heteroatoms. The van der Waals surface area contributed by atoms with Gasteiger partial charge in [-0.25, -0.2) is 13.8 Å². The predicted molar refractivity (Wildman–Crippen MR) is 57.5 cm³/mol. The molecular weight excluding hydrogens is 299 g/mol. The highest BCUT2D eigenvalue weighted by atomic mass is 35.5. The molecule has 100 valence electrons. The van der Waals surface area contributed by atoms with E-state index in [2.05, 4.69) is 4.98 Å². The number of aromatic nitrogens is 1. The molecule has 0 fully saturated rings. The molecule has 0 atom stereocenters. The molecule has 1 rings (SSSR count). The molecule has 0 saturated carbocycles. The number of nitrogens with one attached hydrogen (secondary N) is 1. The molecule has 0 aliphatic rings. The Morgan fingerprint density at radius 1 is 1.33 bits per heavy atom. The summed E-state index contributed by atoms with van der Waals surface area (Å²) in [6.07, 6.45) is -3.86. The summed E-state index contributed by atoms with van der Waals surface area (Å²) in [5.74, 6) is -5.29. The molecule has 1 aromatic heterocycles. The van der Waals surface area contributed by atoms with Gasteiger partial charge in [0.05, 0.1) is 6.54 Å². The predicted octanol–water partition coefficient (Wildman–Crippen LogP) is 3.02. The SMILES string of the molecule is O=C(NCC(F)(F)C(F)F)c1cc(Cl)nc(Cl)c1. The topological polar surface area (TPSA) is 42.0 Å². The smallest absolute Gasteiger partial charge is 0.324 e. The maximum Gasteiger partial charge on any atom is 0.324 e. The Balaban J connectivity index is 2.72. The van der Waals surface area contributed by atoms with Gasteiger partial charge < -0.3 is 5.32 Å². The van der Waals surface area contributed by atoms with Gasteiger partial charge in [0.1, 0.15) is 10.3 Å². The summed E-state index contributed by atoms with van der Waals surface area (Å²) in [7, 11) is 0. The normalized spacial score (nSPS) is 11.7. The number of carbonyl (C=O) groups is 1. The number of hydrogen-bond donors (Lipinski definition) is 1. The Kier molecular flexibility index (Phi) is 4.75. The van der Waals surface area contributed by atoms with Crippen molar-refractivity contribution in [3.05, 3.63) is 28.0 Å². The molecule has 0 spiro atoms. The molecule has 0 saturated heterocycles. The first-order valence-electron chi connectivity index (χ1n) is 4.49. The number of hydrogen-bond acceptors (Lipinski definition) is 2. The van der Waals surface area contributed by atoms with Gasteiger partial charge in [0.2, 0.25) is 0 Å². The second-order valence-corrected chi connectivity index (χ2v) is 4.02. The van der Waals surface area contributed by atoms with Crippen LogP contribution in [0, 0.1) is 0 Å². The zero-order chi connectivity index (χ0) is 13.9. The van der Waals surface area contributed by atoms with Gasteiger partial charge in [-0.2, -0.15) is 8.78 Å². The largest absolute Gasteiger partial charge is 0.346 e. The van der Waals surface area contributed by atoms with Crippen LogP contribution in [-0.2, 0) is 0 Å². The average Bonchev–Trinajstić information content (AvgIpc) is 2.24. The van der Waals surface area contributed by atoms with Crippen molar-refractivity contribution in [2.75, 3.05) is 6.54 Å². The van der Waals surface area contributed by atoms with Crippen LogP contribution in [0.3, 0.4) is 0 Å². The number of amides is 1. The molecule has 0 aromatic carbocycles. The molecule has 0 radical (unpaired) electrons. The van der Waals surface area contributed by atoms with Crippen LogP contribution in [0.25, 0.3) is 0 Å². The molecule has 1 aromatic rings. The standard InChI is InChI=1S/C9H6Cl2F4N2O/c10-5-1-4(2-6(11)17-5)7(18)16-3-9(14,15)8(12)13/h1-2,8H,3H2,(H,16,18). The zero-order valence-electron chi connectivity index (χ0n) is 8.56. The van der Waals surface area contributed by atoms with Crippen molar-refractivity contribution >= 4 is 29.1 Å².